The van der Waals surface area contributed by atoms with Crippen LogP contribution in [-0.2, 0) is 16.5 Å². The lowest BCUT2D eigenvalue weighted by Crippen LogP contribution is -2.10. The van der Waals surface area contributed by atoms with Gasteiger partial charge in [0.2, 0.25) is 0 Å². The van der Waals surface area contributed by atoms with E-state index < -0.39 is 10.1 Å². The standard InChI is InChI=1S/C19H14O3S/c20-23(21,16-9-2-1-3-10-16)22-18-12-6-8-15-13-14-7-4-5-11-17(14)19(15)18/h1-12H,13H2. The molecular formula is C19H14O3S. The van der Waals surface area contributed by atoms with Crippen LogP contribution in [0.15, 0.2) is 77.7 Å². The number of rotatable bonds is 3. The van der Waals surface area contributed by atoms with E-state index in [9.17, 15) is 8.42 Å². The van der Waals surface area contributed by atoms with Gasteiger partial charge in [-0.05, 0) is 41.3 Å². The van der Waals surface area contributed by atoms with Gasteiger partial charge in [-0.15, -0.1) is 0 Å². The monoisotopic (exact) mass is 322 g/mol. The second-order valence-corrected chi connectivity index (χ2v) is 7.02. The molecule has 0 bridgehead atoms. The summed E-state index contributed by atoms with van der Waals surface area (Å²) in [5.74, 6) is 0.385. The fraction of sp³-hybridized carbons (Fsp3) is 0.0526. The third-order valence-corrected chi connectivity index (χ3v) is 5.26. The van der Waals surface area contributed by atoms with Crippen LogP contribution >= 0.6 is 0 Å². The van der Waals surface area contributed by atoms with Gasteiger partial charge in [-0.25, -0.2) is 0 Å². The number of hydrogen-bond donors (Lipinski definition) is 0. The van der Waals surface area contributed by atoms with Gasteiger partial charge in [0.15, 0.2) is 5.75 Å². The smallest absolute Gasteiger partial charge is 0.339 e. The van der Waals surface area contributed by atoms with Crippen LogP contribution in [0.4, 0.5) is 0 Å². The molecule has 0 amide bonds. The van der Waals surface area contributed by atoms with Crippen LogP contribution in [0, 0.1) is 0 Å². The molecule has 4 rings (SSSR count). The Kier molecular flexibility index (Phi) is 3.20. The molecule has 0 aromatic heterocycles. The van der Waals surface area contributed by atoms with Gasteiger partial charge < -0.3 is 4.18 Å². The van der Waals surface area contributed by atoms with Crippen molar-refractivity contribution >= 4 is 10.1 Å². The molecule has 0 unspecified atom stereocenters. The normalized spacial score (nSPS) is 12.5. The first-order valence-electron chi connectivity index (χ1n) is 7.35. The molecule has 0 spiro atoms. The van der Waals surface area contributed by atoms with E-state index in [-0.39, 0.29) is 4.90 Å². The highest BCUT2D eigenvalue weighted by Crippen LogP contribution is 2.43. The molecule has 3 aromatic carbocycles. The topological polar surface area (TPSA) is 43.4 Å². The predicted molar refractivity (Wildman–Crippen MR) is 88.9 cm³/mol. The summed E-state index contributed by atoms with van der Waals surface area (Å²) in [5.41, 5.74) is 4.20. The van der Waals surface area contributed by atoms with Crippen LogP contribution < -0.4 is 4.18 Å². The Hall–Kier alpha value is -2.59. The van der Waals surface area contributed by atoms with E-state index in [0.29, 0.717) is 5.75 Å². The minimum atomic E-state index is -3.84. The lowest BCUT2D eigenvalue weighted by Gasteiger charge is -2.11. The molecule has 0 fully saturated rings. The summed E-state index contributed by atoms with van der Waals surface area (Å²) < 4.78 is 30.4. The zero-order chi connectivity index (χ0) is 15.9. The summed E-state index contributed by atoms with van der Waals surface area (Å²) in [6.45, 7) is 0. The van der Waals surface area contributed by atoms with Crippen LogP contribution in [-0.4, -0.2) is 8.42 Å². The molecule has 0 atom stereocenters. The van der Waals surface area contributed by atoms with Crippen molar-refractivity contribution in [2.24, 2.45) is 0 Å². The van der Waals surface area contributed by atoms with Gasteiger partial charge >= 0.3 is 10.1 Å². The maximum absolute atomic E-state index is 12.5. The molecule has 1 aliphatic carbocycles. The molecule has 0 saturated carbocycles. The van der Waals surface area contributed by atoms with Gasteiger partial charge in [0.25, 0.3) is 0 Å². The third kappa shape index (κ3) is 2.41. The van der Waals surface area contributed by atoms with E-state index in [2.05, 4.69) is 6.07 Å². The Morgan fingerprint density at radius 3 is 2.26 bits per heavy atom. The maximum Gasteiger partial charge on any atom is 0.339 e. The van der Waals surface area contributed by atoms with Crippen molar-refractivity contribution in [3.05, 3.63) is 83.9 Å². The molecule has 0 radical (unpaired) electrons. The highest BCUT2D eigenvalue weighted by Gasteiger charge is 2.25. The zero-order valence-corrected chi connectivity index (χ0v) is 13.1. The predicted octanol–water partition coefficient (Wildman–Crippen LogP) is 4.03. The van der Waals surface area contributed by atoms with Gasteiger partial charge in [-0.3, -0.25) is 0 Å². The highest BCUT2D eigenvalue weighted by atomic mass is 32.2. The van der Waals surface area contributed by atoms with Crippen molar-refractivity contribution in [1.82, 2.24) is 0 Å². The quantitative estimate of drug-likeness (QED) is 0.535. The van der Waals surface area contributed by atoms with Gasteiger partial charge in [-0.2, -0.15) is 8.42 Å². The fourth-order valence-corrected chi connectivity index (χ4v) is 3.94. The van der Waals surface area contributed by atoms with Crippen LogP contribution in [0.25, 0.3) is 11.1 Å². The lowest BCUT2D eigenvalue weighted by atomic mass is 10.1. The van der Waals surface area contributed by atoms with Crippen LogP contribution in [0.3, 0.4) is 0 Å². The first-order chi connectivity index (χ1) is 11.1. The Bertz CT molecular complexity index is 977. The SMILES string of the molecule is O=S(=O)(Oc1cccc2c1-c1ccccc1C2)c1ccccc1. The third-order valence-electron chi connectivity index (χ3n) is 4.01. The van der Waals surface area contributed by atoms with Crippen LogP contribution in [0.2, 0.25) is 0 Å². The highest BCUT2D eigenvalue weighted by molar-refractivity contribution is 7.87. The molecular weight excluding hydrogens is 308 g/mol. The largest absolute Gasteiger partial charge is 0.378 e. The van der Waals surface area contributed by atoms with Gasteiger partial charge in [0, 0.05) is 5.56 Å². The molecule has 23 heavy (non-hydrogen) atoms. The summed E-state index contributed by atoms with van der Waals surface area (Å²) in [7, 11) is -3.84. The van der Waals surface area contributed by atoms with E-state index in [1.807, 2.05) is 30.3 Å². The Balaban J connectivity index is 1.80. The van der Waals surface area contributed by atoms with Gasteiger partial charge in [-0.1, -0.05) is 54.6 Å². The molecule has 3 nitrogen and oxygen atoms in total. The van der Waals surface area contributed by atoms with E-state index in [1.54, 1.807) is 24.3 Å². The molecule has 1 aliphatic rings. The summed E-state index contributed by atoms with van der Waals surface area (Å²) in [5, 5.41) is 0. The van der Waals surface area contributed by atoms with E-state index in [0.717, 1.165) is 23.1 Å². The van der Waals surface area contributed by atoms with Crippen molar-refractivity contribution in [3.8, 4) is 16.9 Å². The van der Waals surface area contributed by atoms with Crippen molar-refractivity contribution in [2.45, 2.75) is 11.3 Å². The Labute approximate surface area is 135 Å². The summed E-state index contributed by atoms with van der Waals surface area (Å²) in [6, 6.07) is 21.8. The molecule has 0 saturated heterocycles. The van der Waals surface area contributed by atoms with E-state index >= 15 is 0 Å². The minimum Gasteiger partial charge on any atom is -0.378 e. The van der Waals surface area contributed by atoms with Crippen molar-refractivity contribution in [3.63, 3.8) is 0 Å². The first-order valence-corrected chi connectivity index (χ1v) is 8.76. The van der Waals surface area contributed by atoms with E-state index in [4.69, 9.17) is 4.18 Å². The molecule has 114 valence electrons. The average molecular weight is 322 g/mol. The van der Waals surface area contributed by atoms with E-state index in [1.165, 1.54) is 17.7 Å². The van der Waals surface area contributed by atoms with Gasteiger partial charge in [0.1, 0.15) is 4.90 Å². The van der Waals surface area contributed by atoms with Crippen LogP contribution in [0.5, 0.6) is 5.75 Å². The summed E-state index contributed by atoms with van der Waals surface area (Å²) >= 11 is 0. The molecule has 0 heterocycles. The number of hydrogen-bond acceptors (Lipinski definition) is 3. The second kappa shape index (κ2) is 5.25. The minimum absolute atomic E-state index is 0.156. The molecule has 3 aromatic rings. The average Bonchev–Trinajstić information content (AvgIpc) is 2.95. The van der Waals surface area contributed by atoms with Crippen molar-refractivity contribution in [1.29, 1.82) is 0 Å². The summed E-state index contributed by atoms with van der Waals surface area (Å²) in [6.07, 6.45) is 0.800. The van der Waals surface area contributed by atoms with Crippen molar-refractivity contribution < 1.29 is 12.6 Å². The van der Waals surface area contributed by atoms with Gasteiger partial charge in [0.05, 0.1) is 0 Å². The second-order valence-electron chi connectivity index (χ2n) is 5.47. The summed E-state index contributed by atoms with van der Waals surface area (Å²) in [4.78, 5) is 0.156. The lowest BCUT2D eigenvalue weighted by molar-refractivity contribution is 0.487. The number of fused-ring (bicyclic) bond motifs is 3. The first kappa shape index (κ1) is 14.0. The van der Waals surface area contributed by atoms with Crippen LogP contribution in [0.1, 0.15) is 11.1 Å². The maximum atomic E-state index is 12.5. The molecule has 0 aliphatic heterocycles. The molecule has 4 heteroatoms. The zero-order valence-electron chi connectivity index (χ0n) is 12.3. The number of benzene rings is 3. The fourth-order valence-electron chi connectivity index (χ4n) is 2.98. The Morgan fingerprint density at radius 2 is 1.43 bits per heavy atom. The van der Waals surface area contributed by atoms with Crippen molar-refractivity contribution in [2.75, 3.05) is 0 Å². The Morgan fingerprint density at radius 1 is 0.739 bits per heavy atom. The molecule has 0 N–H and O–H groups in total.